The van der Waals surface area contributed by atoms with Gasteiger partial charge in [0.25, 0.3) is 0 Å². The molecule has 1 aliphatic carbocycles. The van der Waals surface area contributed by atoms with E-state index in [0.717, 1.165) is 12.1 Å². The van der Waals surface area contributed by atoms with Crippen LogP contribution in [0.1, 0.15) is 34.1 Å². The number of carbonyl (C=O) groups excluding carboxylic acids is 1. The predicted molar refractivity (Wildman–Crippen MR) is 83.5 cm³/mol. The first-order valence-corrected chi connectivity index (χ1v) is 7.50. The molecule has 0 saturated heterocycles. The Bertz CT molecular complexity index is 508. The first-order chi connectivity index (χ1) is 9.73. The first kappa shape index (κ1) is 16.0. The average molecular weight is 292 g/mol. The Morgan fingerprint density at radius 1 is 1.19 bits per heavy atom. The van der Waals surface area contributed by atoms with Crippen LogP contribution < -0.4 is 10.6 Å². The topological polar surface area (TPSA) is 46.3 Å². The van der Waals surface area contributed by atoms with Gasteiger partial charge in [0.05, 0.1) is 0 Å². The number of hydrogen-bond acceptors (Lipinski definition) is 2. The summed E-state index contributed by atoms with van der Waals surface area (Å²) in [5, 5.41) is 0. The summed E-state index contributed by atoms with van der Waals surface area (Å²) in [6.45, 7) is 9.61. The molecule has 2 N–H and O–H groups in total. The molecule has 0 aliphatic heterocycles. The fourth-order valence-corrected chi connectivity index (χ4v) is 3.21. The van der Waals surface area contributed by atoms with Crippen molar-refractivity contribution >= 4 is 11.6 Å². The van der Waals surface area contributed by atoms with Gasteiger partial charge in [0.15, 0.2) is 0 Å². The third kappa shape index (κ3) is 2.69. The lowest BCUT2D eigenvalue weighted by Crippen LogP contribution is -2.35. The van der Waals surface area contributed by atoms with Gasteiger partial charge in [0.1, 0.15) is 5.82 Å². The Kier molecular flexibility index (Phi) is 4.11. The summed E-state index contributed by atoms with van der Waals surface area (Å²) in [6, 6.07) is 6.10. The van der Waals surface area contributed by atoms with Crippen LogP contribution in [0.2, 0.25) is 0 Å². The highest BCUT2D eigenvalue weighted by Crippen LogP contribution is 2.68. The van der Waals surface area contributed by atoms with E-state index in [4.69, 9.17) is 5.73 Å². The second kappa shape index (κ2) is 5.41. The minimum absolute atomic E-state index is 0.00664. The van der Waals surface area contributed by atoms with Gasteiger partial charge in [-0.15, -0.1) is 0 Å². The van der Waals surface area contributed by atoms with E-state index >= 15 is 0 Å². The smallest absolute Gasteiger partial charge is 0.231 e. The predicted octanol–water partition coefficient (Wildman–Crippen LogP) is 3.19. The van der Waals surface area contributed by atoms with Crippen molar-refractivity contribution in [3.63, 3.8) is 0 Å². The number of hydrogen-bond donors (Lipinski definition) is 1. The van der Waals surface area contributed by atoms with E-state index in [1.807, 2.05) is 0 Å². The third-order valence-corrected chi connectivity index (χ3v) is 5.26. The van der Waals surface area contributed by atoms with Gasteiger partial charge in [-0.1, -0.05) is 27.7 Å². The van der Waals surface area contributed by atoms with Gasteiger partial charge in [-0.25, -0.2) is 4.39 Å². The standard InChI is InChI=1S/C17H25FN2O/c1-16(2)14(17(16,3)4)15(21)20(11-5-10-19)13-8-6-12(18)7-9-13/h6-9,14H,5,10-11,19H2,1-4H3. The van der Waals surface area contributed by atoms with Crippen molar-refractivity contribution in [3.05, 3.63) is 30.1 Å². The maximum Gasteiger partial charge on any atom is 0.231 e. The molecule has 116 valence electrons. The Hall–Kier alpha value is -1.42. The maximum absolute atomic E-state index is 13.1. The van der Waals surface area contributed by atoms with E-state index in [1.165, 1.54) is 12.1 Å². The van der Waals surface area contributed by atoms with E-state index < -0.39 is 0 Å². The van der Waals surface area contributed by atoms with Gasteiger partial charge in [-0.3, -0.25) is 4.79 Å². The molecule has 0 atom stereocenters. The summed E-state index contributed by atoms with van der Waals surface area (Å²) in [7, 11) is 0. The van der Waals surface area contributed by atoms with Crippen LogP contribution in [0.4, 0.5) is 10.1 Å². The van der Waals surface area contributed by atoms with Crippen molar-refractivity contribution in [2.75, 3.05) is 18.0 Å². The lowest BCUT2D eigenvalue weighted by Gasteiger charge is -2.24. The number of benzene rings is 1. The second-order valence-electron chi connectivity index (χ2n) is 6.98. The fraction of sp³-hybridized carbons (Fsp3) is 0.588. The largest absolute Gasteiger partial charge is 0.330 e. The third-order valence-electron chi connectivity index (χ3n) is 5.26. The zero-order chi connectivity index (χ0) is 15.8. The number of halogens is 1. The van der Waals surface area contributed by atoms with Gasteiger partial charge < -0.3 is 10.6 Å². The Morgan fingerprint density at radius 3 is 2.14 bits per heavy atom. The summed E-state index contributed by atoms with van der Waals surface area (Å²) < 4.78 is 13.1. The van der Waals surface area contributed by atoms with Gasteiger partial charge in [0, 0.05) is 18.2 Å². The van der Waals surface area contributed by atoms with Crippen LogP contribution in [-0.4, -0.2) is 19.0 Å². The molecular formula is C17H25FN2O. The molecule has 0 heterocycles. The first-order valence-electron chi connectivity index (χ1n) is 7.50. The number of carbonyl (C=O) groups is 1. The number of anilines is 1. The van der Waals surface area contributed by atoms with Gasteiger partial charge in [-0.2, -0.15) is 0 Å². The normalized spacial score (nSPS) is 19.3. The van der Waals surface area contributed by atoms with E-state index in [1.54, 1.807) is 17.0 Å². The molecule has 1 aliphatic rings. The molecule has 4 heteroatoms. The molecule has 0 aromatic heterocycles. The molecule has 0 spiro atoms. The van der Waals surface area contributed by atoms with Gasteiger partial charge in [-0.05, 0) is 48.1 Å². The van der Waals surface area contributed by atoms with Crippen molar-refractivity contribution in [3.8, 4) is 0 Å². The van der Waals surface area contributed by atoms with Gasteiger partial charge in [0.2, 0.25) is 5.91 Å². The van der Waals surface area contributed by atoms with Crippen LogP contribution in [0.5, 0.6) is 0 Å². The SMILES string of the molecule is CC1(C)C(C(=O)N(CCCN)c2ccc(F)cc2)C1(C)C. The number of nitrogens with zero attached hydrogens (tertiary/aromatic N) is 1. The second-order valence-corrected chi connectivity index (χ2v) is 6.98. The lowest BCUT2D eigenvalue weighted by molar-refractivity contribution is -0.120. The zero-order valence-corrected chi connectivity index (χ0v) is 13.3. The molecule has 0 bridgehead atoms. The van der Waals surface area contributed by atoms with Crippen LogP contribution in [0.15, 0.2) is 24.3 Å². The summed E-state index contributed by atoms with van der Waals surface area (Å²) >= 11 is 0. The van der Waals surface area contributed by atoms with Crippen LogP contribution in [0.3, 0.4) is 0 Å². The molecule has 1 fully saturated rings. The van der Waals surface area contributed by atoms with Crippen molar-refractivity contribution < 1.29 is 9.18 Å². The van der Waals surface area contributed by atoms with E-state index in [-0.39, 0.29) is 28.5 Å². The molecule has 2 rings (SSSR count). The highest BCUT2D eigenvalue weighted by molar-refractivity contribution is 5.98. The van der Waals surface area contributed by atoms with Crippen molar-refractivity contribution in [2.24, 2.45) is 22.5 Å². The molecule has 3 nitrogen and oxygen atoms in total. The fourth-order valence-electron chi connectivity index (χ4n) is 3.21. The van der Waals surface area contributed by atoms with Crippen molar-refractivity contribution in [1.29, 1.82) is 0 Å². The summed E-state index contributed by atoms with van der Waals surface area (Å²) in [5.41, 5.74) is 6.31. The number of rotatable bonds is 5. The highest BCUT2D eigenvalue weighted by Gasteiger charge is 2.68. The van der Waals surface area contributed by atoms with E-state index in [2.05, 4.69) is 27.7 Å². The Labute approximate surface area is 126 Å². The van der Waals surface area contributed by atoms with E-state index in [0.29, 0.717) is 13.1 Å². The monoisotopic (exact) mass is 292 g/mol. The van der Waals surface area contributed by atoms with Gasteiger partial charge >= 0.3 is 0 Å². The molecule has 1 saturated carbocycles. The molecule has 21 heavy (non-hydrogen) atoms. The summed E-state index contributed by atoms with van der Waals surface area (Å²) in [4.78, 5) is 14.7. The minimum atomic E-state index is -0.294. The maximum atomic E-state index is 13.1. The highest BCUT2D eigenvalue weighted by atomic mass is 19.1. The van der Waals surface area contributed by atoms with Crippen LogP contribution >= 0.6 is 0 Å². The molecule has 0 unspecified atom stereocenters. The summed E-state index contributed by atoms with van der Waals surface area (Å²) in [5.74, 6) is -0.185. The number of nitrogens with two attached hydrogens (primary N) is 1. The van der Waals surface area contributed by atoms with Crippen LogP contribution in [-0.2, 0) is 4.79 Å². The van der Waals surface area contributed by atoms with Crippen LogP contribution in [0.25, 0.3) is 0 Å². The Balaban J connectivity index is 2.25. The van der Waals surface area contributed by atoms with Crippen LogP contribution in [0, 0.1) is 22.6 Å². The summed E-state index contributed by atoms with van der Waals surface area (Å²) in [6.07, 6.45) is 0.733. The molecule has 0 radical (unpaired) electrons. The average Bonchev–Trinajstić information content (AvgIpc) is 2.82. The zero-order valence-electron chi connectivity index (χ0n) is 13.3. The molecular weight excluding hydrogens is 267 g/mol. The van der Waals surface area contributed by atoms with Crippen molar-refractivity contribution in [1.82, 2.24) is 0 Å². The Morgan fingerprint density at radius 2 is 1.71 bits per heavy atom. The number of amides is 1. The molecule has 1 amide bonds. The molecule has 1 aromatic carbocycles. The minimum Gasteiger partial charge on any atom is -0.330 e. The molecule has 1 aromatic rings. The lowest BCUT2D eigenvalue weighted by atomic mass is 10.0. The van der Waals surface area contributed by atoms with E-state index in [9.17, 15) is 9.18 Å². The quantitative estimate of drug-likeness (QED) is 0.906. The van der Waals surface area contributed by atoms with Crippen molar-refractivity contribution in [2.45, 2.75) is 34.1 Å².